The van der Waals surface area contributed by atoms with Crippen molar-refractivity contribution in [1.29, 1.82) is 0 Å². The normalized spacial score (nSPS) is 19.7. The third-order valence-electron chi connectivity index (χ3n) is 10.4. The molecule has 0 spiro atoms. The van der Waals surface area contributed by atoms with Gasteiger partial charge in [-0.1, -0.05) is 48.0 Å². The molecule has 2 amide bonds. The van der Waals surface area contributed by atoms with Crippen molar-refractivity contribution in [3.8, 4) is 11.5 Å². The minimum absolute atomic E-state index is 0.00347. The molecule has 2 heterocycles. The number of hydrogen-bond acceptors (Lipinski definition) is 6. The molecule has 6 rings (SSSR count). The Morgan fingerprint density at radius 1 is 1.00 bits per heavy atom. The Hall–Kier alpha value is -4.64. The Bertz CT molecular complexity index is 1940. The molecule has 1 saturated heterocycles. The first-order valence-corrected chi connectivity index (χ1v) is 18.8. The summed E-state index contributed by atoms with van der Waals surface area (Å²) in [5, 5.41) is 9.81. The fraction of sp³-hybridized carbons (Fsp3) is 0.452. The van der Waals surface area contributed by atoms with Crippen molar-refractivity contribution < 1.29 is 42.5 Å². The number of benzene rings is 3. The monoisotopic (exact) mass is 764 g/mol. The van der Waals surface area contributed by atoms with Crippen LogP contribution in [0.15, 0.2) is 60.2 Å². The van der Waals surface area contributed by atoms with E-state index in [0.29, 0.717) is 25.0 Å². The number of ether oxygens (including phenoxy) is 3. The summed E-state index contributed by atoms with van der Waals surface area (Å²) in [7, 11) is 1.61. The van der Waals surface area contributed by atoms with Gasteiger partial charge in [0, 0.05) is 24.2 Å². The second-order valence-corrected chi connectivity index (χ2v) is 15.8. The molecule has 3 aliphatic rings. The van der Waals surface area contributed by atoms with Crippen LogP contribution < -0.4 is 9.47 Å². The van der Waals surface area contributed by atoms with Crippen LogP contribution in [0.4, 0.5) is 13.6 Å². The summed E-state index contributed by atoms with van der Waals surface area (Å²) >= 11 is 5.90. The number of carboxylic acids is 1. The van der Waals surface area contributed by atoms with Crippen LogP contribution in [0.5, 0.6) is 11.5 Å². The number of carbonyl (C=O) groups is 3. The fourth-order valence-electron chi connectivity index (χ4n) is 7.61. The van der Waals surface area contributed by atoms with Crippen LogP contribution in [0.1, 0.15) is 81.5 Å². The molecular formula is C42H47ClF2N2O7. The molecule has 0 aromatic heterocycles. The molecule has 12 heteroatoms. The van der Waals surface area contributed by atoms with Crippen LogP contribution in [0, 0.1) is 24.5 Å². The molecular weight excluding hydrogens is 718 g/mol. The second-order valence-electron chi connectivity index (χ2n) is 15.4. The number of nitrogens with zero attached hydrogens (tertiary/aromatic N) is 2. The summed E-state index contributed by atoms with van der Waals surface area (Å²) in [6.07, 6.45) is 2.80. The van der Waals surface area contributed by atoms with Crippen LogP contribution in [-0.4, -0.2) is 70.3 Å². The Morgan fingerprint density at radius 2 is 1.70 bits per heavy atom. The Morgan fingerprint density at radius 3 is 2.35 bits per heavy atom. The van der Waals surface area contributed by atoms with E-state index in [2.05, 4.69) is 0 Å². The van der Waals surface area contributed by atoms with Crippen molar-refractivity contribution >= 4 is 35.1 Å². The predicted octanol–water partition coefficient (Wildman–Crippen LogP) is 8.76. The lowest BCUT2D eigenvalue weighted by atomic mass is 9.73. The Labute approximate surface area is 319 Å². The Balaban J connectivity index is 1.34. The number of amides is 2. The van der Waals surface area contributed by atoms with Gasteiger partial charge in [0.25, 0.3) is 5.91 Å². The number of carbonyl (C=O) groups excluding carboxylic acids is 2. The van der Waals surface area contributed by atoms with Gasteiger partial charge in [0.05, 0.1) is 25.7 Å². The second kappa shape index (κ2) is 16.0. The minimum Gasteiger partial charge on any atom is -0.496 e. The lowest BCUT2D eigenvalue weighted by Gasteiger charge is -2.49. The largest absolute Gasteiger partial charge is 0.496 e. The number of aryl methyl sites for hydroxylation is 1. The number of carboxylic acid groups (broad SMARTS) is 1. The third kappa shape index (κ3) is 8.51. The fourth-order valence-corrected chi connectivity index (χ4v) is 7.81. The van der Waals surface area contributed by atoms with Crippen LogP contribution in [-0.2, 0) is 27.3 Å². The van der Waals surface area contributed by atoms with Crippen LogP contribution in [0.2, 0.25) is 5.02 Å². The molecule has 2 fully saturated rings. The average Bonchev–Trinajstić information content (AvgIpc) is 3.96. The molecule has 2 bridgehead atoms. The van der Waals surface area contributed by atoms with E-state index in [9.17, 15) is 23.5 Å². The number of halogens is 3. The van der Waals surface area contributed by atoms with Gasteiger partial charge in [0.2, 0.25) is 0 Å². The summed E-state index contributed by atoms with van der Waals surface area (Å²) in [5.41, 5.74) is 4.06. The average molecular weight is 765 g/mol. The highest BCUT2D eigenvalue weighted by atomic mass is 35.5. The number of rotatable bonds is 12. The van der Waals surface area contributed by atoms with Gasteiger partial charge in [-0.25, -0.2) is 13.6 Å². The van der Waals surface area contributed by atoms with Crippen LogP contribution in [0.3, 0.4) is 0 Å². The first-order valence-electron chi connectivity index (χ1n) is 18.4. The van der Waals surface area contributed by atoms with E-state index < -0.39 is 52.3 Å². The number of fused-ring (bicyclic) bond motifs is 2. The molecule has 3 aromatic rings. The van der Waals surface area contributed by atoms with E-state index in [1.165, 1.54) is 0 Å². The summed E-state index contributed by atoms with van der Waals surface area (Å²) < 4.78 is 44.9. The molecule has 2 aliphatic heterocycles. The highest BCUT2D eigenvalue weighted by molar-refractivity contribution is 6.32. The van der Waals surface area contributed by atoms with Crippen molar-refractivity contribution in [3.63, 3.8) is 0 Å². The quantitative estimate of drug-likeness (QED) is 0.145. The van der Waals surface area contributed by atoms with Crippen molar-refractivity contribution in [2.45, 2.75) is 103 Å². The maximum Gasteiger partial charge on any atom is 0.411 e. The molecule has 1 saturated carbocycles. The molecule has 1 N–H and O–H groups in total. The SMILES string of the molecule is COc1cccc(CN(C(=O)C2=C(c3ccc(CCCOc4c(F)ccc(F)c4Cl)cc3)CC3CC(C(=O)O)CC2N3C(=O)OC(C)(C)C)C2CC2)c1C. The summed E-state index contributed by atoms with van der Waals surface area (Å²) in [5.74, 6) is -3.00. The molecule has 3 aromatic carbocycles. The van der Waals surface area contributed by atoms with Gasteiger partial charge in [-0.3, -0.25) is 14.5 Å². The number of hydrogen-bond donors (Lipinski definition) is 1. The van der Waals surface area contributed by atoms with Gasteiger partial charge in [-0.2, -0.15) is 0 Å². The van der Waals surface area contributed by atoms with Crippen molar-refractivity contribution in [2.24, 2.45) is 5.92 Å². The van der Waals surface area contributed by atoms with Crippen molar-refractivity contribution in [3.05, 3.63) is 99.1 Å². The maximum absolute atomic E-state index is 15.1. The zero-order valence-electron chi connectivity index (χ0n) is 31.3. The molecule has 3 atom stereocenters. The lowest BCUT2D eigenvalue weighted by Crippen LogP contribution is -2.59. The summed E-state index contributed by atoms with van der Waals surface area (Å²) in [6.45, 7) is 7.76. The zero-order valence-corrected chi connectivity index (χ0v) is 32.1. The van der Waals surface area contributed by atoms with Gasteiger partial charge >= 0.3 is 12.1 Å². The van der Waals surface area contributed by atoms with E-state index in [1.807, 2.05) is 54.3 Å². The first kappa shape index (κ1) is 39.1. The van der Waals surface area contributed by atoms with Gasteiger partial charge in [-0.05, 0) is 119 Å². The Kier molecular flexibility index (Phi) is 11.6. The maximum atomic E-state index is 15.1. The van der Waals surface area contributed by atoms with Gasteiger partial charge < -0.3 is 24.2 Å². The molecule has 3 unspecified atom stereocenters. The van der Waals surface area contributed by atoms with Gasteiger partial charge in [-0.15, -0.1) is 0 Å². The molecule has 54 heavy (non-hydrogen) atoms. The number of methoxy groups -OCH3 is 1. The van der Waals surface area contributed by atoms with Crippen LogP contribution >= 0.6 is 11.6 Å². The van der Waals surface area contributed by atoms with E-state index in [4.69, 9.17) is 25.8 Å². The first-order chi connectivity index (χ1) is 25.7. The van der Waals surface area contributed by atoms with E-state index >= 15 is 4.79 Å². The van der Waals surface area contributed by atoms with E-state index in [0.717, 1.165) is 58.6 Å². The van der Waals surface area contributed by atoms with Crippen LogP contribution in [0.25, 0.3) is 5.57 Å². The molecule has 288 valence electrons. The number of aliphatic carboxylic acids is 1. The van der Waals surface area contributed by atoms with Gasteiger partial charge in [0.15, 0.2) is 11.6 Å². The predicted molar refractivity (Wildman–Crippen MR) is 200 cm³/mol. The highest BCUT2D eigenvalue weighted by Crippen LogP contribution is 2.46. The smallest absolute Gasteiger partial charge is 0.411 e. The molecule has 0 radical (unpaired) electrons. The topological polar surface area (TPSA) is 106 Å². The standard InChI is InChI=1S/C42H47ClF2N2O7/c1-24-27(9-6-10-35(24)52-5)23-46(29-15-16-29)39(48)36-31(22-30-20-28(40(49)50)21-34(36)47(30)41(51)54-42(2,3)4)26-13-11-25(12-14-26)8-7-19-53-38-33(45)18-17-32(44)37(38)43/h6,9-14,17-18,28-30,34H,7-8,15-16,19-23H2,1-5H3,(H,49,50). The highest BCUT2D eigenvalue weighted by Gasteiger charge is 2.51. The van der Waals surface area contributed by atoms with Crippen molar-refractivity contribution in [1.82, 2.24) is 9.80 Å². The van der Waals surface area contributed by atoms with Gasteiger partial charge in [0.1, 0.15) is 22.2 Å². The third-order valence-corrected chi connectivity index (χ3v) is 10.8. The number of piperidine rings is 1. The summed E-state index contributed by atoms with van der Waals surface area (Å²) in [4.78, 5) is 45.0. The van der Waals surface area contributed by atoms with Crippen molar-refractivity contribution in [2.75, 3.05) is 13.7 Å². The molecule has 9 nitrogen and oxygen atoms in total. The minimum atomic E-state index is -0.953. The lowest BCUT2D eigenvalue weighted by molar-refractivity contribution is -0.145. The zero-order chi connectivity index (χ0) is 38.9. The molecule has 1 aliphatic carbocycles. The van der Waals surface area contributed by atoms with E-state index in [-0.39, 0.29) is 43.6 Å². The van der Waals surface area contributed by atoms with E-state index in [1.54, 1.807) is 32.8 Å². The summed E-state index contributed by atoms with van der Waals surface area (Å²) in [6, 6.07) is 14.2.